The van der Waals surface area contributed by atoms with E-state index >= 15 is 0 Å². The molecule has 28 heavy (non-hydrogen) atoms. The van der Waals surface area contributed by atoms with Crippen LogP contribution in [-0.2, 0) is 4.79 Å². The highest BCUT2D eigenvalue weighted by Gasteiger charge is 2.23. The molecule has 1 aliphatic rings. The summed E-state index contributed by atoms with van der Waals surface area (Å²) in [4.78, 5) is 28.1. The van der Waals surface area contributed by atoms with Crippen LogP contribution in [0.3, 0.4) is 0 Å². The molecule has 1 aromatic heterocycles. The Morgan fingerprint density at radius 1 is 1.14 bits per heavy atom. The number of amides is 2. The first-order valence-corrected chi connectivity index (χ1v) is 9.70. The molecule has 3 rings (SSSR count). The maximum atomic E-state index is 12.1. The molecule has 2 amide bonds. The number of aryl methyl sites for hydroxylation is 1. The van der Waals surface area contributed by atoms with Gasteiger partial charge in [0, 0.05) is 19.0 Å². The second-order valence-corrected chi connectivity index (χ2v) is 6.95. The summed E-state index contributed by atoms with van der Waals surface area (Å²) in [6.45, 7) is 2.38. The third-order valence-corrected chi connectivity index (χ3v) is 4.79. The van der Waals surface area contributed by atoms with Crippen molar-refractivity contribution in [2.24, 2.45) is 0 Å². The van der Waals surface area contributed by atoms with Crippen LogP contribution in [0.15, 0.2) is 28.8 Å². The Kier molecular flexibility index (Phi) is 7.00. The number of ether oxygens (including phenoxy) is 1. The number of nitrogens with one attached hydrogen (secondary N) is 2. The Balaban J connectivity index is 1.34. The van der Waals surface area contributed by atoms with Crippen molar-refractivity contribution in [2.75, 3.05) is 19.7 Å². The summed E-state index contributed by atoms with van der Waals surface area (Å²) in [5.74, 6) is 0.860. The van der Waals surface area contributed by atoms with Gasteiger partial charge in [-0.25, -0.2) is 0 Å². The number of rotatable bonds is 8. The van der Waals surface area contributed by atoms with Crippen molar-refractivity contribution in [1.82, 2.24) is 20.8 Å². The number of hydrogen-bond donors (Lipinski definition) is 2. The summed E-state index contributed by atoms with van der Waals surface area (Å²) in [6, 6.07) is 7.49. The normalized spacial score (nSPS) is 14.5. The summed E-state index contributed by atoms with van der Waals surface area (Å²) in [6.07, 6.45) is 5.64. The number of aromatic nitrogens is 2. The lowest BCUT2D eigenvalue weighted by Gasteiger charge is -2.17. The minimum absolute atomic E-state index is 0.0326. The Bertz CT molecular complexity index is 799. The van der Waals surface area contributed by atoms with Crippen molar-refractivity contribution in [3.63, 3.8) is 0 Å². The van der Waals surface area contributed by atoms with Crippen LogP contribution >= 0.6 is 0 Å². The summed E-state index contributed by atoms with van der Waals surface area (Å²) in [5, 5.41) is 9.30. The van der Waals surface area contributed by atoms with Crippen LogP contribution in [0.2, 0.25) is 0 Å². The zero-order chi connectivity index (χ0) is 19.8. The topological polar surface area (TPSA) is 106 Å². The van der Waals surface area contributed by atoms with E-state index in [4.69, 9.17) is 9.26 Å². The van der Waals surface area contributed by atoms with Crippen LogP contribution in [0.5, 0.6) is 5.75 Å². The van der Waals surface area contributed by atoms with E-state index in [1.54, 1.807) is 0 Å². The first-order chi connectivity index (χ1) is 13.6. The van der Waals surface area contributed by atoms with Gasteiger partial charge >= 0.3 is 11.8 Å². The first kappa shape index (κ1) is 19.9. The monoisotopic (exact) mass is 386 g/mol. The van der Waals surface area contributed by atoms with E-state index in [2.05, 4.69) is 20.8 Å². The molecule has 1 saturated carbocycles. The van der Waals surface area contributed by atoms with Gasteiger partial charge in [-0.05, 0) is 31.4 Å². The number of benzene rings is 1. The predicted octanol–water partition coefficient (Wildman–Crippen LogP) is 2.35. The van der Waals surface area contributed by atoms with Gasteiger partial charge in [-0.15, -0.1) is 0 Å². The fourth-order valence-corrected chi connectivity index (χ4v) is 3.22. The van der Waals surface area contributed by atoms with Gasteiger partial charge in [-0.1, -0.05) is 42.6 Å². The Morgan fingerprint density at radius 3 is 2.68 bits per heavy atom. The van der Waals surface area contributed by atoms with Crippen molar-refractivity contribution >= 4 is 11.8 Å². The van der Waals surface area contributed by atoms with E-state index in [-0.39, 0.29) is 37.4 Å². The van der Waals surface area contributed by atoms with E-state index in [0.717, 1.165) is 31.2 Å². The highest BCUT2D eigenvalue weighted by molar-refractivity contribution is 5.89. The molecule has 8 heteroatoms. The Morgan fingerprint density at radius 2 is 1.89 bits per heavy atom. The number of nitrogens with zero attached hydrogens (tertiary/aromatic N) is 2. The summed E-state index contributed by atoms with van der Waals surface area (Å²) in [5.41, 5.74) is 0.967. The third kappa shape index (κ3) is 5.55. The van der Waals surface area contributed by atoms with Crippen molar-refractivity contribution < 1.29 is 18.8 Å². The molecule has 2 aromatic rings. The van der Waals surface area contributed by atoms with Gasteiger partial charge in [0.05, 0.1) is 0 Å². The molecule has 8 nitrogen and oxygen atoms in total. The van der Waals surface area contributed by atoms with Crippen molar-refractivity contribution in [2.45, 2.75) is 44.9 Å². The molecule has 0 unspecified atom stereocenters. The van der Waals surface area contributed by atoms with Gasteiger partial charge in [0.2, 0.25) is 0 Å². The fourth-order valence-electron chi connectivity index (χ4n) is 3.22. The van der Waals surface area contributed by atoms with Crippen LogP contribution in [0.4, 0.5) is 0 Å². The Labute approximate surface area is 164 Å². The molecule has 1 heterocycles. The van der Waals surface area contributed by atoms with Gasteiger partial charge < -0.3 is 19.9 Å². The zero-order valence-electron chi connectivity index (χ0n) is 16.1. The highest BCUT2D eigenvalue weighted by atomic mass is 16.5. The number of para-hydroxylation sites is 1. The third-order valence-electron chi connectivity index (χ3n) is 4.79. The second-order valence-electron chi connectivity index (χ2n) is 6.95. The smallest absolute Gasteiger partial charge is 0.315 e. The van der Waals surface area contributed by atoms with Gasteiger partial charge in [0.15, 0.2) is 12.4 Å². The average Bonchev–Trinajstić information content (AvgIpc) is 3.21. The van der Waals surface area contributed by atoms with Crippen molar-refractivity contribution in [3.8, 4) is 5.75 Å². The first-order valence-electron chi connectivity index (χ1n) is 9.70. The molecular formula is C20H26N4O4. The fraction of sp³-hybridized carbons (Fsp3) is 0.500. The highest BCUT2D eigenvalue weighted by Crippen LogP contribution is 2.30. The summed E-state index contributed by atoms with van der Waals surface area (Å²) >= 11 is 0. The van der Waals surface area contributed by atoms with Crippen LogP contribution in [-0.4, -0.2) is 41.7 Å². The van der Waals surface area contributed by atoms with E-state index < -0.39 is 5.91 Å². The molecular weight excluding hydrogens is 360 g/mol. The van der Waals surface area contributed by atoms with E-state index in [1.807, 2.05) is 31.2 Å². The Hall–Kier alpha value is -2.90. The summed E-state index contributed by atoms with van der Waals surface area (Å²) < 4.78 is 10.5. The SMILES string of the molecule is Cc1ccccc1OCC(=O)NCCNC(=O)c1nc(C2CCCCC2)no1. The lowest BCUT2D eigenvalue weighted by Crippen LogP contribution is -2.36. The lowest BCUT2D eigenvalue weighted by molar-refractivity contribution is -0.123. The largest absolute Gasteiger partial charge is 0.484 e. The number of hydrogen-bond acceptors (Lipinski definition) is 6. The number of carbonyl (C=O) groups excluding carboxylic acids is 2. The van der Waals surface area contributed by atoms with Crippen LogP contribution in [0, 0.1) is 6.92 Å². The minimum Gasteiger partial charge on any atom is -0.484 e. The van der Waals surface area contributed by atoms with Gasteiger partial charge in [-0.3, -0.25) is 9.59 Å². The molecule has 1 fully saturated rings. The molecule has 1 aliphatic carbocycles. The molecule has 0 atom stereocenters. The molecule has 1 aromatic carbocycles. The predicted molar refractivity (Wildman–Crippen MR) is 102 cm³/mol. The van der Waals surface area contributed by atoms with Crippen LogP contribution in [0.1, 0.15) is 60.1 Å². The average molecular weight is 386 g/mol. The molecule has 150 valence electrons. The van der Waals surface area contributed by atoms with Crippen molar-refractivity contribution in [1.29, 1.82) is 0 Å². The van der Waals surface area contributed by atoms with Gasteiger partial charge in [0.1, 0.15) is 5.75 Å². The van der Waals surface area contributed by atoms with E-state index in [1.165, 1.54) is 6.42 Å². The molecule has 0 bridgehead atoms. The minimum atomic E-state index is -0.431. The standard InChI is InChI=1S/C20H26N4O4/c1-14-7-5-6-10-16(14)27-13-17(25)21-11-12-22-19(26)20-23-18(24-28-20)15-8-3-2-4-9-15/h5-7,10,15H,2-4,8-9,11-13H2,1H3,(H,21,25)(H,22,26). The quantitative estimate of drug-likeness (QED) is 0.675. The van der Waals surface area contributed by atoms with Crippen LogP contribution < -0.4 is 15.4 Å². The van der Waals surface area contributed by atoms with Crippen molar-refractivity contribution in [3.05, 3.63) is 41.5 Å². The molecule has 0 spiro atoms. The van der Waals surface area contributed by atoms with E-state index in [9.17, 15) is 9.59 Å². The molecule has 2 N–H and O–H groups in total. The maximum Gasteiger partial charge on any atom is 0.315 e. The van der Waals surface area contributed by atoms with Gasteiger partial charge in [-0.2, -0.15) is 4.98 Å². The lowest BCUT2D eigenvalue weighted by atomic mass is 9.89. The molecule has 0 aliphatic heterocycles. The molecule has 0 saturated heterocycles. The van der Waals surface area contributed by atoms with Crippen LogP contribution in [0.25, 0.3) is 0 Å². The maximum absolute atomic E-state index is 12.1. The number of carbonyl (C=O) groups is 2. The van der Waals surface area contributed by atoms with Gasteiger partial charge in [0.25, 0.3) is 5.91 Å². The van der Waals surface area contributed by atoms with E-state index in [0.29, 0.717) is 11.6 Å². The zero-order valence-corrected chi connectivity index (χ0v) is 16.1. The second kappa shape index (κ2) is 9.87. The summed E-state index contributed by atoms with van der Waals surface area (Å²) in [7, 11) is 0. The molecule has 0 radical (unpaired) electrons.